The molecule has 0 aromatic carbocycles. The van der Waals surface area contributed by atoms with Crippen molar-refractivity contribution < 1.29 is 24.5 Å². The third-order valence-electron chi connectivity index (χ3n) is 17.0. The fourth-order valence-corrected chi connectivity index (χ4v) is 11.5. The van der Waals surface area contributed by atoms with E-state index >= 15 is 0 Å². The van der Waals surface area contributed by atoms with Crippen LogP contribution in [0.15, 0.2) is 24.3 Å². The molecule has 0 saturated heterocycles. The van der Waals surface area contributed by atoms with Crippen molar-refractivity contribution in [3.63, 3.8) is 0 Å². The average Bonchev–Trinajstić information content (AvgIpc) is 3.45. The minimum Gasteiger partial charge on any atom is -0.466 e. The molecule has 0 aromatic rings. The van der Waals surface area contributed by atoms with Crippen molar-refractivity contribution in [3.05, 3.63) is 24.3 Å². The van der Waals surface area contributed by atoms with Gasteiger partial charge in [0.15, 0.2) is 0 Å². The molecule has 6 nitrogen and oxygen atoms in total. The van der Waals surface area contributed by atoms with Crippen molar-refractivity contribution >= 4 is 11.9 Å². The highest BCUT2D eigenvalue weighted by Crippen LogP contribution is 2.19. The van der Waals surface area contributed by atoms with Gasteiger partial charge in [0.25, 0.3) is 0 Å². The van der Waals surface area contributed by atoms with Crippen LogP contribution in [-0.2, 0) is 14.3 Å². The number of amides is 1. The predicted octanol–water partition coefficient (Wildman–Crippen LogP) is 23.3. The quantitative estimate of drug-likeness (QED) is 0.0320. The molecule has 0 bridgehead atoms. The zero-order chi connectivity index (χ0) is 57.1. The normalized spacial score (nSPS) is 12.6. The van der Waals surface area contributed by atoms with Crippen molar-refractivity contribution in [3.8, 4) is 0 Å². The standard InChI is InChI=1S/C73H141NO5/c1-3-5-7-9-11-13-15-17-38-41-45-49-53-57-61-65-71(76)70(69-75)74-72(77)66-62-58-54-50-46-42-39-36-34-32-30-28-26-24-22-20-19-21-23-25-27-29-31-33-35-37-40-44-48-52-56-60-64-68-79-73(78)67-63-59-55-51-47-43-18-16-14-12-10-8-6-4-2/h23,25,29,31,70-71,75-76H,3-22,24,26-28,30,32-69H2,1-2H3,(H,74,77)/b25-23-,31-29-. The summed E-state index contributed by atoms with van der Waals surface area (Å²) in [4.78, 5) is 24.6. The molecule has 0 spiro atoms. The first-order valence-electron chi connectivity index (χ1n) is 36.1. The fourth-order valence-electron chi connectivity index (χ4n) is 11.5. The molecule has 6 heteroatoms. The topological polar surface area (TPSA) is 95.9 Å². The van der Waals surface area contributed by atoms with E-state index in [0.717, 1.165) is 44.9 Å². The van der Waals surface area contributed by atoms with Crippen LogP contribution in [0.4, 0.5) is 0 Å². The molecule has 0 saturated carbocycles. The van der Waals surface area contributed by atoms with Crippen LogP contribution in [0.3, 0.4) is 0 Å². The first-order chi connectivity index (χ1) is 39.0. The number of ether oxygens (including phenoxy) is 1. The van der Waals surface area contributed by atoms with Crippen LogP contribution >= 0.6 is 0 Å². The van der Waals surface area contributed by atoms with Crippen LogP contribution in [0.25, 0.3) is 0 Å². The second-order valence-electron chi connectivity index (χ2n) is 24.9. The molecule has 79 heavy (non-hydrogen) atoms. The molecule has 0 radical (unpaired) electrons. The van der Waals surface area contributed by atoms with E-state index in [1.165, 1.54) is 327 Å². The summed E-state index contributed by atoms with van der Waals surface area (Å²) < 4.78 is 5.49. The van der Waals surface area contributed by atoms with Gasteiger partial charge in [-0.1, -0.05) is 359 Å². The molecule has 0 aliphatic heterocycles. The number of aliphatic hydroxyl groups excluding tert-OH is 2. The molecule has 2 atom stereocenters. The highest BCUT2D eigenvalue weighted by atomic mass is 16.5. The Hall–Kier alpha value is -1.66. The summed E-state index contributed by atoms with van der Waals surface area (Å²) in [6.07, 6.45) is 86.7. The van der Waals surface area contributed by atoms with Crippen LogP contribution in [0, 0.1) is 0 Å². The number of allylic oxidation sites excluding steroid dienone is 4. The first-order valence-corrected chi connectivity index (χ1v) is 36.1. The molecule has 468 valence electrons. The Balaban J connectivity index is 3.36. The van der Waals surface area contributed by atoms with Gasteiger partial charge in [-0.05, 0) is 57.8 Å². The van der Waals surface area contributed by atoms with E-state index in [2.05, 4.69) is 43.5 Å². The number of unbranched alkanes of at least 4 members (excludes halogenated alkanes) is 53. The van der Waals surface area contributed by atoms with Crippen molar-refractivity contribution in [2.24, 2.45) is 0 Å². The summed E-state index contributed by atoms with van der Waals surface area (Å²) in [5.74, 6) is -0.0129. The molecule has 0 aromatic heterocycles. The lowest BCUT2D eigenvalue weighted by Crippen LogP contribution is -2.45. The lowest BCUT2D eigenvalue weighted by molar-refractivity contribution is -0.143. The van der Waals surface area contributed by atoms with Crippen molar-refractivity contribution in [2.75, 3.05) is 13.2 Å². The number of hydrogen-bond donors (Lipinski definition) is 3. The number of rotatable bonds is 68. The summed E-state index contributed by atoms with van der Waals surface area (Å²) in [6.45, 7) is 4.99. The Morgan fingerprint density at radius 3 is 0.962 bits per heavy atom. The minimum absolute atomic E-state index is 0.0171. The van der Waals surface area contributed by atoms with Gasteiger partial charge in [0.05, 0.1) is 25.4 Å². The summed E-state index contributed by atoms with van der Waals surface area (Å²) in [5, 5.41) is 23.3. The van der Waals surface area contributed by atoms with E-state index in [0.29, 0.717) is 25.9 Å². The molecule has 0 fully saturated rings. The van der Waals surface area contributed by atoms with Crippen LogP contribution in [-0.4, -0.2) is 47.4 Å². The lowest BCUT2D eigenvalue weighted by atomic mass is 10.0. The Bertz CT molecular complexity index is 1230. The van der Waals surface area contributed by atoms with Crippen molar-refractivity contribution in [1.29, 1.82) is 0 Å². The summed E-state index contributed by atoms with van der Waals surface area (Å²) >= 11 is 0. The third-order valence-corrected chi connectivity index (χ3v) is 17.0. The second-order valence-corrected chi connectivity index (χ2v) is 24.9. The fraction of sp³-hybridized carbons (Fsp3) is 0.918. The predicted molar refractivity (Wildman–Crippen MR) is 347 cm³/mol. The largest absolute Gasteiger partial charge is 0.466 e. The van der Waals surface area contributed by atoms with Gasteiger partial charge >= 0.3 is 5.97 Å². The van der Waals surface area contributed by atoms with Crippen molar-refractivity contribution in [1.82, 2.24) is 5.32 Å². The van der Waals surface area contributed by atoms with Gasteiger partial charge in [-0.3, -0.25) is 9.59 Å². The Kier molecular flexibility index (Phi) is 67.4. The zero-order valence-electron chi connectivity index (χ0n) is 53.6. The number of esters is 1. The molecule has 2 unspecified atom stereocenters. The lowest BCUT2D eigenvalue weighted by Gasteiger charge is -2.22. The van der Waals surface area contributed by atoms with E-state index in [-0.39, 0.29) is 18.5 Å². The SMILES string of the molecule is CCCCCCCCCCCCCCCCCC(O)C(CO)NC(=O)CCCCCCCCCCCCCCCCCCC/C=C\C/C=C\CCCCCCCCCCCOC(=O)CCCCCCCCCCCCCCCC. The van der Waals surface area contributed by atoms with Crippen molar-refractivity contribution in [2.45, 2.75) is 418 Å². The van der Waals surface area contributed by atoms with Crippen LogP contribution < -0.4 is 5.32 Å². The van der Waals surface area contributed by atoms with E-state index in [1.807, 2.05) is 0 Å². The molecule has 0 rings (SSSR count). The number of aliphatic hydroxyl groups is 2. The van der Waals surface area contributed by atoms with E-state index in [9.17, 15) is 19.8 Å². The number of carbonyl (C=O) groups excluding carboxylic acids is 2. The van der Waals surface area contributed by atoms with Gasteiger partial charge in [-0.15, -0.1) is 0 Å². The molecular weight excluding hydrogens is 971 g/mol. The summed E-state index contributed by atoms with van der Waals surface area (Å²) in [7, 11) is 0. The van der Waals surface area contributed by atoms with Gasteiger partial charge in [0, 0.05) is 12.8 Å². The Morgan fingerprint density at radius 2 is 0.633 bits per heavy atom. The van der Waals surface area contributed by atoms with Gasteiger partial charge in [-0.2, -0.15) is 0 Å². The number of hydrogen-bond acceptors (Lipinski definition) is 5. The Morgan fingerprint density at radius 1 is 0.354 bits per heavy atom. The van der Waals surface area contributed by atoms with Gasteiger partial charge < -0.3 is 20.3 Å². The molecule has 1 amide bonds. The van der Waals surface area contributed by atoms with Gasteiger partial charge in [0.2, 0.25) is 5.91 Å². The molecule has 0 aliphatic rings. The highest BCUT2D eigenvalue weighted by molar-refractivity contribution is 5.76. The number of carbonyl (C=O) groups is 2. The first kappa shape index (κ1) is 77.3. The molecule has 0 heterocycles. The monoisotopic (exact) mass is 1110 g/mol. The second kappa shape index (κ2) is 68.8. The highest BCUT2D eigenvalue weighted by Gasteiger charge is 2.20. The van der Waals surface area contributed by atoms with Crippen LogP contribution in [0.1, 0.15) is 406 Å². The third kappa shape index (κ3) is 65.4. The molecule has 0 aliphatic carbocycles. The van der Waals surface area contributed by atoms with E-state index in [4.69, 9.17) is 4.74 Å². The zero-order valence-corrected chi connectivity index (χ0v) is 53.6. The summed E-state index contributed by atoms with van der Waals surface area (Å²) in [5.41, 5.74) is 0. The van der Waals surface area contributed by atoms with Crippen LogP contribution in [0.2, 0.25) is 0 Å². The van der Waals surface area contributed by atoms with E-state index < -0.39 is 12.1 Å². The Labute approximate surface area is 494 Å². The maximum Gasteiger partial charge on any atom is 0.305 e. The molecule has 3 N–H and O–H groups in total. The maximum absolute atomic E-state index is 12.5. The average molecular weight is 1110 g/mol. The van der Waals surface area contributed by atoms with Gasteiger partial charge in [0.1, 0.15) is 0 Å². The molecular formula is C73H141NO5. The van der Waals surface area contributed by atoms with Crippen LogP contribution in [0.5, 0.6) is 0 Å². The van der Waals surface area contributed by atoms with Gasteiger partial charge in [-0.25, -0.2) is 0 Å². The summed E-state index contributed by atoms with van der Waals surface area (Å²) in [6, 6.07) is -0.539. The minimum atomic E-state index is -0.662. The number of nitrogens with one attached hydrogen (secondary N) is 1. The smallest absolute Gasteiger partial charge is 0.305 e. The maximum atomic E-state index is 12.5. The van der Waals surface area contributed by atoms with E-state index in [1.54, 1.807) is 0 Å².